The molecule has 3 heteroatoms. The fraction of sp³-hybridized carbons (Fsp3) is 0.125. The second kappa shape index (κ2) is 3.05. The van der Waals surface area contributed by atoms with Crippen molar-refractivity contribution in [2.75, 3.05) is 6.61 Å². The van der Waals surface area contributed by atoms with Crippen LogP contribution in [0.3, 0.4) is 0 Å². The van der Waals surface area contributed by atoms with E-state index in [9.17, 15) is 4.79 Å². The summed E-state index contributed by atoms with van der Waals surface area (Å²) in [5.41, 5.74) is 6.08. The van der Waals surface area contributed by atoms with Gasteiger partial charge in [-0.15, -0.1) is 0 Å². The van der Waals surface area contributed by atoms with E-state index in [4.69, 9.17) is 10.5 Å². The Balaban J connectivity index is 2.75. The van der Waals surface area contributed by atoms with E-state index in [0.29, 0.717) is 12.2 Å². The molecular formula is C8H9NO2. The Morgan fingerprint density at radius 3 is 2.91 bits per heavy atom. The van der Waals surface area contributed by atoms with Crippen LogP contribution in [0.1, 0.15) is 0 Å². The molecule has 0 saturated heterocycles. The van der Waals surface area contributed by atoms with Crippen LogP contribution in [0.4, 0.5) is 0 Å². The topological polar surface area (TPSA) is 52.3 Å². The lowest BCUT2D eigenvalue weighted by molar-refractivity contribution is -0.114. The highest BCUT2D eigenvalue weighted by Gasteiger charge is 2.06. The molecule has 58 valence electrons. The second-order valence-corrected chi connectivity index (χ2v) is 2.14. The molecule has 0 fully saturated rings. The van der Waals surface area contributed by atoms with Gasteiger partial charge < -0.3 is 10.5 Å². The largest absolute Gasteiger partial charge is 0.497 e. The van der Waals surface area contributed by atoms with Crippen LogP contribution in [-0.2, 0) is 9.53 Å². The van der Waals surface area contributed by atoms with E-state index in [-0.39, 0.29) is 0 Å². The zero-order valence-corrected chi connectivity index (χ0v) is 6.04. The summed E-state index contributed by atoms with van der Waals surface area (Å²) in [4.78, 5) is 10.6. The molecule has 11 heavy (non-hydrogen) atoms. The molecule has 0 radical (unpaired) electrons. The first kappa shape index (κ1) is 7.60. The summed E-state index contributed by atoms with van der Waals surface area (Å²) in [7, 11) is 0. The highest BCUT2D eigenvalue weighted by Crippen LogP contribution is 2.11. The Labute approximate surface area is 64.8 Å². The molecule has 0 saturated carbocycles. The van der Waals surface area contributed by atoms with E-state index in [0.717, 1.165) is 5.57 Å². The normalized spacial score (nSPS) is 15.1. The predicted octanol–water partition coefficient (Wildman–Crippen LogP) is 0.498. The Morgan fingerprint density at radius 1 is 1.73 bits per heavy atom. The molecule has 0 bridgehead atoms. The molecular weight excluding hydrogens is 142 g/mol. The van der Waals surface area contributed by atoms with Crippen LogP contribution in [-0.4, -0.2) is 12.5 Å². The van der Waals surface area contributed by atoms with Gasteiger partial charge in [-0.25, -0.2) is 0 Å². The van der Waals surface area contributed by atoms with E-state index in [1.807, 2.05) is 0 Å². The molecule has 3 nitrogen and oxygen atoms in total. The maximum Gasteiger partial charge on any atom is 0.248 e. The zero-order valence-electron chi connectivity index (χ0n) is 6.04. The number of ether oxygens (including phenoxy) is 1. The summed E-state index contributed by atoms with van der Waals surface area (Å²) >= 11 is 0. The van der Waals surface area contributed by atoms with Crippen LogP contribution in [0.2, 0.25) is 0 Å². The van der Waals surface area contributed by atoms with Crippen molar-refractivity contribution in [2.45, 2.75) is 0 Å². The van der Waals surface area contributed by atoms with Crippen molar-refractivity contribution >= 4 is 5.91 Å². The first-order chi connectivity index (χ1) is 5.22. The zero-order chi connectivity index (χ0) is 8.27. The quantitative estimate of drug-likeness (QED) is 0.584. The van der Waals surface area contributed by atoms with Crippen molar-refractivity contribution in [1.29, 1.82) is 0 Å². The molecule has 1 amide bonds. The first-order valence-electron chi connectivity index (χ1n) is 3.19. The van der Waals surface area contributed by atoms with Crippen molar-refractivity contribution in [3.05, 3.63) is 36.1 Å². The number of hydrogen-bond acceptors (Lipinski definition) is 2. The number of carbonyl (C=O) groups excluding carboxylic acids is 1. The van der Waals surface area contributed by atoms with Crippen molar-refractivity contribution in [1.82, 2.24) is 0 Å². The monoisotopic (exact) mass is 151 g/mol. The fourth-order valence-corrected chi connectivity index (χ4v) is 0.749. The van der Waals surface area contributed by atoms with Gasteiger partial charge in [-0.05, 0) is 17.7 Å². The number of allylic oxidation sites excluding steroid dienone is 1. The van der Waals surface area contributed by atoms with Crippen molar-refractivity contribution in [2.24, 2.45) is 5.73 Å². The first-order valence-corrected chi connectivity index (χ1v) is 3.19. The van der Waals surface area contributed by atoms with Gasteiger partial charge in [0, 0.05) is 5.57 Å². The van der Waals surface area contributed by atoms with Crippen molar-refractivity contribution < 1.29 is 9.53 Å². The maximum atomic E-state index is 10.6. The van der Waals surface area contributed by atoms with Crippen LogP contribution in [0.25, 0.3) is 0 Å². The number of rotatable bonds is 2. The van der Waals surface area contributed by atoms with Crippen LogP contribution < -0.4 is 5.73 Å². The van der Waals surface area contributed by atoms with E-state index in [1.54, 1.807) is 12.2 Å². The molecule has 0 aliphatic carbocycles. The Morgan fingerprint density at radius 2 is 2.45 bits per heavy atom. The van der Waals surface area contributed by atoms with E-state index >= 15 is 0 Å². The molecule has 0 spiro atoms. The SMILES string of the molecule is C=C(C(N)=O)C1=CCOC=C1. The average Bonchev–Trinajstić information content (AvgIpc) is 2.05. The number of hydrogen-bond donors (Lipinski definition) is 1. The lowest BCUT2D eigenvalue weighted by Gasteiger charge is -2.07. The summed E-state index contributed by atoms with van der Waals surface area (Å²) in [5.74, 6) is -0.497. The highest BCUT2D eigenvalue weighted by atomic mass is 16.5. The molecule has 0 aromatic heterocycles. The molecule has 1 heterocycles. The summed E-state index contributed by atoms with van der Waals surface area (Å²) < 4.78 is 4.88. The smallest absolute Gasteiger partial charge is 0.248 e. The minimum Gasteiger partial charge on any atom is -0.497 e. The molecule has 1 aliphatic rings. The summed E-state index contributed by atoms with van der Waals surface area (Å²) in [6, 6.07) is 0. The number of carbonyl (C=O) groups is 1. The third-order valence-corrected chi connectivity index (χ3v) is 1.39. The van der Waals surface area contributed by atoms with Gasteiger partial charge in [0.15, 0.2) is 0 Å². The van der Waals surface area contributed by atoms with Crippen LogP contribution in [0.5, 0.6) is 0 Å². The number of primary amides is 1. The Hall–Kier alpha value is -1.51. The molecule has 0 aromatic rings. The molecule has 1 aliphatic heterocycles. The minimum atomic E-state index is -0.497. The van der Waals surface area contributed by atoms with Crippen LogP contribution in [0.15, 0.2) is 36.1 Å². The number of amides is 1. The fourth-order valence-electron chi connectivity index (χ4n) is 0.749. The third kappa shape index (κ3) is 1.70. The second-order valence-electron chi connectivity index (χ2n) is 2.14. The summed E-state index contributed by atoms with van der Waals surface area (Å²) in [5, 5.41) is 0. The summed E-state index contributed by atoms with van der Waals surface area (Å²) in [6.07, 6.45) is 4.94. The van der Waals surface area contributed by atoms with E-state index < -0.39 is 5.91 Å². The molecule has 0 atom stereocenters. The lowest BCUT2D eigenvalue weighted by Crippen LogP contribution is -2.14. The lowest BCUT2D eigenvalue weighted by atomic mass is 10.1. The van der Waals surface area contributed by atoms with Gasteiger partial charge in [0.1, 0.15) is 6.61 Å². The molecule has 1 rings (SSSR count). The van der Waals surface area contributed by atoms with Crippen LogP contribution in [0, 0.1) is 0 Å². The van der Waals surface area contributed by atoms with Gasteiger partial charge >= 0.3 is 0 Å². The molecule has 2 N–H and O–H groups in total. The van der Waals surface area contributed by atoms with Gasteiger partial charge in [0.2, 0.25) is 5.91 Å². The average molecular weight is 151 g/mol. The molecule has 0 unspecified atom stereocenters. The van der Waals surface area contributed by atoms with Crippen molar-refractivity contribution in [3.8, 4) is 0 Å². The maximum absolute atomic E-state index is 10.6. The highest BCUT2D eigenvalue weighted by molar-refractivity contribution is 5.96. The standard InChI is InChI=1S/C8H9NO2/c1-6(8(9)10)7-2-4-11-5-3-7/h2-4H,1,5H2,(H2,9,10). The third-order valence-electron chi connectivity index (χ3n) is 1.39. The number of nitrogens with two attached hydrogens (primary N) is 1. The van der Waals surface area contributed by atoms with Gasteiger partial charge in [-0.1, -0.05) is 6.58 Å². The van der Waals surface area contributed by atoms with Crippen molar-refractivity contribution in [3.63, 3.8) is 0 Å². The molecule has 0 aromatic carbocycles. The van der Waals surface area contributed by atoms with Crippen LogP contribution >= 0.6 is 0 Å². The predicted molar refractivity (Wildman–Crippen MR) is 41.5 cm³/mol. The Bertz CT molecular complexity index is 251. The summed E-state index contributed by atoms with van der Waals surface area (Å²) in [6.45, 7) is 4.00. The van der Waals surface area contributed by atoms with Gasteiger partial charge in [0.25, 0.3) is 0 Å². The van der Waals surface area contributed by atoms with E-state index in [1.165, 1.54) is 6.26 Å². The van der Waals surface area contributed by atoms with Gasteiger partial charge in [0.05, 0.1) is 6.26 Å². The minimum absolute atomic E-state index is 0.324. The Kier molecular flexibility index (Phi) is 2.11. The van der Waals surface area contributed by atoms with Gasteiger partial charge in [-0.3, -0.25) is 4.79 Å². The van der Waals surface area contributed by atoms with E-state index in [2.05, 4.69) is 6.58 Å². The van der Waals surface area contributed by atoms with Gasteiger partial charge in [-0.2, -0.15) is 0 Å².